The van der Waals surface area contributed by atoms with Crippen LogP contribution in [0.2, 0.25) is 0 Å². The van der Waals surface area contributed by atoms with Gasteiger partial charge in [0.25, 0.3) is 0 Å². The van der Waals surface area contributed by atoms with E-state index in [2.05, 4.69) is 20.6 Å². The standard InChI is InChI=1S/C22H20N4O2/c27-21-19(9-13-11-23-17-7-3-1-5-15(13)17)25-22(28)20(26-21)10-14-12-24-18-8-4-2-6-16(14)18/h1-8,11-12,19-20,23-24H,9-10H2,(H,25,28)(H,26,27). The van der Waals surface area contributed by atoms with Crippen LogP contribution in [0.5, 0.6) is 0 Å². The third-order valence-corrected chi connectivity index (χ3v) is 5.46. The van der Waals surface area contributed by atoms with Gasteiger partial charge >= 0.3 is 0 Å². The first-order valence-corrected chi connectivity index (χ1v) is 9.40. The van der Waals surface area contributed by atoms with Crippen molar-refractivity contribution in [1.82, 2.24) is 20.6 Å². The van der Waals surface area contributed by atoms with Gasteiger partial charge in [0.15, 0.2) is 0 Å². The highest BCUT2D eigenvalue weighted by Crippen LogP contribution is 2.22. The lowest BCUT2D eigenvalue weighted by Gasteiger charge is -2.29. The summed E-state index contributed by atoms with van der Waals surface area (Å²) in [5.74, 6) is -0.288. The molecule has 140 valence electrons. The van der Waals surface area contributed by atoms with Crippen LogP contribution in [0.3, 0.4) is 0 Å². The number of benzene rings is 2. The molecule has 0 aliphatic carbocycles. The Morgan fingerprint density at radius 2 is 1.07 bits per heavy atom. The molecule has 6 heteroatoms. The number of carbonyl (C=O) groups excluding carboxylic acids is 2. The minimum absolute atomic E-state index is 0.144. The molecule has 0 radical (unpaired) electrons. The third kappa shape index (κ3) is 2.83. The molecule has 0 bridgehead atoms. The second kappa shape index (κ2) is 6.56. The Morgan fingerprint density at radius 1 is 0.643 bits per heavy atom. The van der Waals surface area contributed by atoms with Gasteiger partial charge in [-0.15, -0.1) is 0 Å². The van der Waals surface area contributed by atoms with Crippen molar-refractivity contribution in [3.05, 3.63) is 72.1 Å². The van der Waals surface area contributed by atoms with E-state index < -0.39 is 12.1 Å². The number of nitrogens with one attached hydrogen (secondary N) is 4. The number of amides is 2. The number of para-hydroxylation sites is 2. The van der Waals surface area contributed by atoms with E-state index in [4.69, 9.17) is 0 Å². The van der Waals surface area contributed by atoms with Gasteiger partial charge < -0.3 is 20.6 Å². The normalized spacial score (nSPS) is 19.7. The number of piperazine rings is 1. The first-order valence-electron chi connectivity index (χ1n) is 9.40. The van der Waals surface area contributed by atoms with E-state index in [1.807, 2.05) is 60.9 Å². The van der Waals surface area contributed by atoms with Crippen molar-refractivity contribution in [2.24, 2.45) is 0 Å². The molecule has 1 aliphatic rings. The Morgan fingerprint density at radius 3 is 1.54 bits per heavy atom. The number of fused-ring (bicyclic) bond motifs is 2. The van der Waals surface area contributed by atoms with Crippen LogP contribution in [0, 0.1) is 0 Å². The first kappa shape index (κ1) is 16.6. The summed E-state index contributed by atoms with van der Waals surface area (Å²) in [5, 5.41) is 7.96. The van der Waals surface area contributed by atoms with Crippen molar-refractivity contribution in [3.8, 4) is 0 Å². The zero-order valence-electron chi connectivity index (χ0n) is 15.2. The summed E-state index contributed by atoms with van der Waals surface area (Å²) in [6, 6.07) is 14.8. The summed E-state index contributed by atoms with van der Waals surface area (Å²) in [4.78, 5) is 31.7. The molecule has 2 unspecified atom stereocenters. The topological polar surface area (TPSA) is 89.8 Å². The Bertz CT molecular complexity index is 1100. The lowest BCUT2D eigenvalue weighted by atomic mass is 9.98. The minimum atomic E-state index is -0.564. The molecule has 4 N–H and O–H groups in total. The zero-order chi connectivity index (χ0) is 19.1. The van der Waals surface area contributed by atoms with Crippen molar-refractivity contribution in [1.29, 1.82) is 0 Å². The minimum Gasteiger partial charge on any atom is -0.361 e. The van der Waals surface area contributed by atoms with Crippen LogP contribution < -0.4 is 10.6 Å². The zero-order valence-corrected chi connectivity index (χ0v) is 15.2. The van der Waals surface area contributed by atoms with Gasteiger partial charge in [-0.05, 0) is 23.3 Å². The van der Waals surface area contributed by atoms with Gasteiger partial charge in [-0.2, -0.15) is 0 Å². The summed E-state index contributed by atoms with van der Waals surface area (Å²) in [6.45, 7) is 0. The molecule has 5 rings (SSSR count). The Kier molecular flexibility index (Phi) is 3.90. The quantitative estimate of drug-likeness (QED) is 0.443. The maximum Gasteiger partial charge on any atom is 0.243 e. The summed E-state index contributed by atoms with van der Waals surface area (Å²) < 4.78 is 0. The molecular weight excluding hydrogens is 352 g/mol. The smallest absolute Gasteiger partial charge is 0.243 e. The predicted molar refractivity (Wildman–Crippen MR) is 108 cm³/mol. The molecular formula is C22H20N4O2. The molecule has 6 nitrogen and oxygen atoms in total. The summed E-state index contributed by atoms with van der Waals surface area (Å²) in [5.41, 5.74) is 4.09. The Labute approximate surface area is 161 Å². The van der Waals surface area contributed by atoms with E-state index in [-0.39, 0.29) is 11.8 Å². The fourth-order valence-corrected chi connectivity index (χ4v) is 4.00. The summed E-state index contributed by atoms with van der Waals surface area (Å²) >= 11 is 0. The van der Waals surface area contributed by atoms with Gasteiger partial charge in [-0.3, -0.25) is 9.59 Å². The monoisotopic (exact) mass is 372 g/mol. The number of aromatic nitrogens is 2. The number of aromatic amines is 2. The van der Waals surface area contributed by atoms with Crippen LogP contribution in [0.4, 0.5) is 0 Å². The van der Waals surface area contributed by atoms with Crippen molar-refractivity contribution in [2.45, 2.75) is 24.9 Å². The van der Waals surface area contributed by atoms with Crippen LogP contribution in [-0.2, 0) is 22.4 Å². The molecule has 2 atom stereocenters. The van der Waals surface area contributed by atoms with Gasteiger partial charge in [0.1, 0.15) is 12.1 Å². The van der Waals surface area contributed by atoms with Crippen LogP contribution in [0.25, 0.3) is 21.8 Å². The molecule has 1 saturated heterocycles. The second-order valence-corrected chi connectivity index (χ2v) is 7.25. The van der Waals surface area contributed by atoms with Gasteiger partial charge in [0.2, 0.25) is 11.8 Å². The Hall–Kier alpha value is -3.54. The number of hydrogen-bond donors (Lipinski definition) is 4. The average molecular weight is 372 g/mol. The Balaban J connectivity index is 1.32. The number of rotatable bonds is 4. The van der Waals surface area contributed by atoms with Gasteiger partial charge in [0.05, 0.1) is 0 Å². The second-order valence-electron chi connectivity index (χ2n) is 7.25. The molecule has 3 heterocycles. The maximum atomic E-state index is 12.7. The SMILES string of the molecule is O=C1NC(Cc2c[nH]c3ccccc23)C(=O)NC1Cc1c[nH]c2ccccc12. The highest BCUT2D eigenvalue weighted by Gasteiger charge is 2.34. The first-order chi connectivity index (χ1) is 13.7. The van der Waals surface area contributed by atoms with Crippen LogP contribution in [-0.4, -0.2) is 33.9 Å². The summed E-state index contributed by atoms with van der Waals surface area (Å²) in [7, 11) is 0. The molecule has 1 aliphatic heterocycles. The lowest BCUT2D eigenvalue weighted by molar-refractivity contribution is -0.136. The van der Waals surface area contributed by atoms with E-state index in [9.17, 15) is 9.59 Å². The van der Waals surface area contributed by atoms with E-state index in [0.29, 0.717) is 12.8 Å². The molecule has 0 spiro atoms. The fourth-order valence-electron chi connectivity index (χ4n) is 4.00. The molecule has 4 aromatic rings. The average Bonchev–Trinajstić information content (AvgIpc) is 3.30. The van der Waals surface area contributed by atoms with E-state index >= 15 is 0 Å². The van der Waals surface area contributed by atoms with Crippen LogP contribution in [0.15, 0.2) is 60.9 Å². The van der Waals surface area contributed by atoms with E-state index in [1.165, 1.54) is 0 Å². The lowest BCUT2D eigenvalue weighted by Crippen LogP contribution is -2.62. The molecule has 28 heavy (non-hydrogen) atoms. The molecule has 2 amide bonds. The maximum absolute atomic E-state index is 12.7. The molecule has 2 aromatic carbocycles. The number of H-pyrrole nitrogens is 2. The van der Waals surface area contributed by atoms with Gasteiger partial charge in [-0.1, -0.05) is 36.4 Å². The predicted octanol–water partition coefficient (Wildman–Crippen LogP) is 2.42. The van der Waals surface area contributed by atoms with Crippen molar-refractivity contribution in [3.63, 3.8) is 0 Å². The van der Waals surface area contributed by atoms with Crippen molar-refractivity contribution in [2.75, 3.05) is 0 Å². The molecule has 1 fully saturated rings. The molecule has 0 saturated carbocycles. The number of carbonyl (C=O) groups is 2. The van der Waals surface area contributed by atoms with Gasteiger partial charge in [-0.25, -0.2) is 0 Å². The van der Waals surface area contributed by atoms with Gasteiger partial charge in [0, 0.05) is 47.0 Å². The van der Waals surface area contributed by atoms with Crippen LogP contribution in [0.1, 0.15) is 11.1 Å². The molecule has 2 aromatic heterocycles. The third-order valence-electron chi connectivity index (χ3n) is 5.46. The fraction of sp³-hybridized carbons (Fsp3) is 0.182. The van der Waals surface area contributed by atoms with Crippen molar-refractivity contribution < 1.29 is 9.59 Å². The van der Waals surface area contributed by atoms with Crippen LogP contribution >= 0.6 is 0 Å². The van der Waals surface area contributed by atoms with E-state index in [0.717, 1.165) is 32.9 Å². The number of hydrogen-bond acceptors (Lipinski definition) is 2. The van der Waals surface area contributed by atoms with E-state index in [1.54, 1.807) is 0 Å². The van der Waals surface area contributed by atoms with Crippen molar-refractivity contribution >= 4 is 33.6 Å². The highest BCUT2D eigenvalue weighted by atomic mass is 16.2. The highest BCUT2D eigenvalue weighted by molar-refractivity contribution is 5.98. The summed E-state index contributed by atoms with van der Waals surface area (Å²) in [6.07, 6.45) is 4.73. The largest absolute Gasteiger partial charge is 0.361 e.